The minimum absolute atomic E-state index is 0.230. The quantitative estimate of drug-likeness (QED) is 0.874. The van der Waals surface area contributed by atoms with E-state index in [1.807, 2.05) is 6.92 Å². The second kappa shape index (κ2) is 5.77. The van der Waals surface area contributed by atoms with Crippen molar-refractivity contribution in [1.82, 2.24) is 4.98 Å². The molecule has 0 radical (unpaired) electrons. The summed E-state index contributed by atoms with van der Waals surface area (Å²) >= 11 is 13.1. The van der Waals surface area contributed by atoms with Crippen LogP contribution in [0.1, 0.15) is 22.3 Å². The first-order chi connectivity index (χ1) is 9.02. The fourth-order valence-electron chi connectivity index (χ4n) is 1.54. The van der Waals surface area contributed by atoms with Crippen LogP contribution in [-0.2, 0) is 6.42 Å². The number of carboxylic acids is 1. The summed E-state index contributed by atoms with van der Waals surface area (Å²) in [7, 11) is 0. The Balaban J connectivity index is 2.36. The standard InChI is InChI=1S/C12H10Cl2N2O2S/c1-2-8-10(11(17)18)19-12(15-8)16-9-6(13)4-3-5-7(9)14/h3-5H,2H2,1H3,(H,15,16)(H,17,18). The molecule has 7 heteroatoms. The predicted octanol–water partition coefficient (Wildman–Crippen LogP) is 4.45. The Morgan fingerprint density at radius 2 is 2.05 bits per heavy atom. The normalized spacial score (nSPS) is 10.5. The predicted molar refractivity (Wildman–Crippen MR) is 78.2 cm³/mol. The maximum atomic E-state index is 11.1. The summed E-state index contributed by atoms with van der Waals surface area (Å²) in [4.78, 5) is 15.5. The number of para-hydroxylation sites is 1. The van der Waals surface area contributed by atoms with E-state index in [9.17, 15) is 4.79 Å². The first kappa shape index (κ1) is 14.1. The maximum Gasteiger partial charge on any atom is 0.347 e. The smallest absolute Gasteiger partial charge is 0.347 e. The molecule has 19 heavy (non-hydrogen) atoms. The third-order valence-electron chi connectivity index (χ3n) is 2.42. The van der Waals surface area contributed by atoms with E-state index in [0.29, 0.717) is 33.0 Å². The van der Waals surface area contributed by atoms with Crippen molar-refractivity contribution in [3.05, 3.63) is 38.8 Å². The first-order valence-electron chi connectivity index (χ1n) is 5.47. The van der Waals surface area contributed by atoms with E-state index < -0.39 is 5.97 Å². The SMILES string of the molecule is CCc1nc(Nc2c(Cl)cccc2Cl)sc1C(=O)O. The number of rotatable bonds is 4. The van der Waals surface area contributed by atoms with Gasteiger partial charge in [-0.3, -0.25) is 0 Å². The van der Waals surface area contributed by atoms with Crippen LogP contribution in [0.25, 0.3) is 0 Å². The number of hydrogen-bond donors (Lipinski definition) is 2. The Morgan fingerprint density at radius 3 is 2.53 bits per heavy atom. The van der Waals surface area contributed by atoms with Gasteiger partial charge in [0.15, 0.2) is 5.13 Å². The van der Waals surface area contributed by atoms with E-state index in [2.05, 4.69) is 10.3 Å². The lowest BCUT2D eigenvalue weighted by molar-refractivity contribution is 0.0701. The van der Waals surface area contributed by atoms with E-state index in [-0.39, 0.29) is 4.88 Å². The molecule has 0 amide bonds. The van der Waals surface area contributed by atoms with Gasteiger partial charge in [0.2, 0.25) is 0 Å². The van der Waals surface area contributed by atoms with Gasteiger partial charge in [0.05, 0.1) is 21.4 Å². The van der Waals surface area contributed by atoms with Gasteiger partial charge in [-0.05, 0) is 18.6 Å². The lowest BCUT2D eigenvalue weighted by Crippen LogP contribution is -1.97. The lowest BCUT2D eigenvalue weighted by Gasteiger charge is -2.06. The summed E-state index contributed by atoms with van der Waals surface area (Å²) in [5.74, 6) is -0.979. The summed E-state index contributed by atoms with van der Waals surface area (Å²) in [5.41, 5.74) is 1.07. The van der Waals surface area contributed by atoms with Gasteiger partial charge in [-0.15, -0.1) is 0 Å². The fourth-order valence-corrected chi connectivity index (χ4v) is 2.93. The highest BCUT2D eigenvalue weighted by atomic mass is 35.5. The van der Waals surface area contributed by atoms with Crippen LogP contribution in [0.2, 0.25) is 10.0 Å². The minimum atomic E-state index is -0.979. The molecule has 2 rings (SSSR count). The summed E-state index contributed by atoms with van der Waals surface area (Å²) in [6.45, 7) is 1.85. The van der Waals surface area contributed by atoms with Crippen LogP contribution in [-0.4, -0.2) is 16.1 Å². The molecule has 4 nitrogen and oxygen atoms in total. The molecule has 0 saturated carbocycles. The molecule has 1 aromatic heterocycles. The summed E-state index contributed by atoms with van der Waals surface area (Å²) < 4.78 is 0. The average molecular weight is 317 g/mol. The summed E-state index contributed by atoms with van der Waals surface area (Å²) in [5, 5.41) is 13.4. The number of carboxylic acid groups (broad SMARTS) is 1. The number of anilines is 2. The number of carbonyl (C=O) groups is 1. The van der Waals surface area contributed by atoms with Gasteiger partial charge in [0.1, 0.15) is 4.88 Å². The van der Waals surface area contributed by atoms with Crippen LogP contribution in [0.3, 0.4) is 0 Å². The van der Waals surface area contributed by atoms with Crippen LogP contribution in [0.15, 0.2) is 18.2 Å². The number of halogens is 2. The van der Waals surface area contributed by atoms with Gasteiger partial charge in [-0.2, -0.15) is 0 Å². The molecule has 0 saturated heterocycles. The van der Waals surface area contributed by atoms with Crippen LogP contribution in [0.4, 0.5) is 10.8 Å². The molecule has 0 spiro atoms. The van der Waals surface area contributed by atoms with Gasteiger partial charge < -0.3 is 10.4 Å². The molecule has 0 fully saturated rings. The van der Waals surface area contributed by atoms with Crippen molar-refractivity contribution in [2.45, 2.75) is 13.3 Å². The van der Waals surface area contributed by atoms with Crippen LogP contribution < -0.4 is 5.32 Å². The molecular formula is C12H10Cl2N2O2S. The first-order valence-corrected chi connectivity index (χ1v) is 7.04. The molecule has 2 N–H and O–H groups in total. The van der Waals surface area contributed by atoms with Gasteiger partial charge in [0, 0.05) is 0 Å². The molecule has 100 valence electrons. The Labute approximate surface area is 124 Å². The van der Waals surface area contributed by atoms with Crippen molar-refractivity contribution < 1.29 is 9.90 Å². The largest absolute Gasteiger partial charge is 0.477 e. The molecule has 0 bridgehead atoms. The molecule has 0 aliphatic rings. The van der Waals surface area contributed by atoms with Gasteiger partial charge in [-0.1, -0.05) is 47.5 Å². The molecular weight excluding hydrogens is 307 g/mol. The average Bonchev–Trinajstić information content (AvgIpc) is 2.77. The third-order valence-corrected chi connectivity index (χ3v) is 4.05. The zero-order chi connectivity index (χ0) is 14.0. The number of aryl methyl sites for hydroxylation is 1. The highest BCUT2D eigenvalue weighted by molar-refractivity contribution is 7.17. The van der Waals surface area contributed by atoms with Crippen molar-refractivity contribution in [3.8, 4) is 0 Å². The Bertz CT molecular complexity index is 608. The number of aromatic nitrogens is 1. The Morgan fingerprint density at radius 1 is 1.42 bits per heavy atom. The molecule has 2 aromatic rings. The van der Waals surface area contributed by atoms with E-state index in [0.717, 1.165) is 11.3 Å². The zero-order valence-electron chi connectivity index (χ0n) is 9.91. The van der Waals surface area contributed by atoms with Crippen LogP contribution in [0, 0.1) is 0 Å². The van der Waals surface area contributed by atoms with Gasteiger partial charge in [0.25, 0.3) is 0 Å². The van der Waals surface area contributed by atoms with Crippen molar-refractivity contribution in [1.29, 1.82) is 0 Å². The second-order valence-corrected chi connectivity index (χ2v) is 5.49. The maximum absolute atomic E-state index is 11.1. The van der Waals surface area contributed by atoms with Crippen molar-refractivity contribution >= 4 is 51.3 Å². The van der Waals surface area contributed by atoms with Crippen molar-refractivity contribution in [3.63, 3.8) is 0 Å². The molecule has 1 heterocycles. The van der Waals surface area contributed by atoms with E-state index in [4.69, 9.17) is 28.3 Å². The van der Waals surface area contributed by atoms with Crippen LogP contribution in [0.5, 0.6) is 0 Å². The molecule has 1 aromatic carbocycles. The molecule has 0 atom stereocenters. The van der Waals surface area contributed by atoms with E-state index in [1.54, 1.807) is 18.2 Å². The van der Waals surface area contributed by atoms with Crippen molar-refractivity contribution in [2.24, 2.45) is 0 Å². The number of hydrogen-bond acceptors (Lipinski definition) is 4. The summed E-state index contributed by atoms with van der Waals surface area (Å²) in [6.07, 6.45) is 0.552. The molecule has 0 unspecified atom stereocenters. The number of nitrogens with one attached hydrogen (secondary N) is 1. The Hall–Kier alpha value is -1.30. The van der Waals surface area contributed by atoms with Gasteiger partial charge in [-0.25, -0.2) is 9.78 Å². The monoisotopic (exact) mass is 316 g/mol. The van der Waals surface area contributed by atoms with Gasteiger partial charge >= 0.3 is 5.97 Å². The van der Waals surface area contributed by atoms with Crippen LogP contribution >= 0.6 is 34.5 Å². The van der Waals surface area contributed by atoms with E-state index in [1.165, 1.54) is 0 Å². The Kier molecular flexibility index (Phi) is 4.29. The fraction of sp³-hybridized carbons (Fsp3) is 0.167. The number of thiazole rings is 1. The molecule has 0 aliphatic carbocycles. The highest BCUT2D eigenvalue weighted by Crippen LogP contribution is 2.34. The topological polar surface area (TPSA) is 62.2 Å². The lowest BCUT2D eigenvalue weighted by atomic mass is 10.3. The second-order valence-electron chi connectivity index (χ2n) is 3.68. The zero-order valence-corrected chi connectivity index (χ0v) is 12.2. The minimum Gasteiger partial charge on any atom is -0.477 e. The number of benzene rings is 1. The molecule has 0 aliphatic heterocycles. The van der Waals surface area contributed by atoms with Crippen molar-refractivity contribution in [2.75, 3.05) is 5.32 Å². The van der Waals surface area contributed by atoms with E-state index >= 15 is 0 Å². The number of nitrogens with zero attached hydrogens (tertiary/aromatic N) is 1. The highest BCUT2D eigenvalue weighted by Gasteiger charge is 2.17. The number of aromatic carboxylic acids is 1. The third kappa shape index (κ3) is 3.00. The summed E-state index contributed by atoms with van der Waals surface area (Å²) in [6, 6.07) is 5.13.